The number of rotatable bonds is 4. The zero-order valence-corrected chi connectivity index (χ0v) is 13.5. The molecule has 2 N–H and O–H groups in total. The van der Waals surface area contributed by atoms with Crippen LogP contribution in [0.3, 0.4) is 0 Å². The van der Waals surface area contributed by atoms with E-state index in [1.54, 1.807) is 12.1 Å². The Balaban J connectivity index is 1.91. The number of nitrogens with zero attached hydrogens (tertiary/aromatic N) is 4. The average molecular weight is 332 g/mol. The minimum atomic E-state index is -0.188. The maximum atomic E-state index is 9.96. The van der Waals surface area contributed by atoms with E-state index in [-0.39, 0.29) is 22.9 Å². The number of aryl methyl sites for hydroxylation is 1. The van der Waals surface area contributed by atoms with Crippen LogP contribution < -0.4 is 0 Å². The standard InChI is InChI=1S/C19H16N4O2/c1-13-7-5-6-10-15(13)21-23-17-11-16(18(24)12-19(17)25)22-20-14-8-3-2-4-9-14/h2-12,24-25H,1H3. The summed E-state index contributed by atoms with van der Waals surface area (Å²) < 4.78 is 0. The van der Waals surface area contributed by atoms with E-state index in [2.05, 4.69) is 20.5 Å². The second-order valence-electron chi connectivity index (χ2n) is 5.35. The molecule has 3 aromatic carbocycles. The van der Waals surface area contributed by atoms with Crippen molar-refractivity contribution in [2.75, 3.05) is 0 Å². The minimum absolute atomic E-state index is 0.187. The Kier molecular flexibility index (Phi) is 4.80. The summed E-state index contributed by atoms with van der Waals surface area (Å²) in [6.07, 6.45) is 0. The molecule has 0 saturated carbocycles. The highest BCUT2D eigenvalue weighted by Crippen LogP contribution is 2.39. The number of phenols is 2. The van der Waals surface area contributed by atoms with Gasteiger partial charge >= 0.3 is 0 Å². The largest absolute Gasteiger partial charge is 0.505 e. The second kappa shape index (κ2) is 7.35. The van der Waals surface area contributed by atoms with Crippen LogP contribution in [0, 0.1) is 6.92 Å². The van der Waals surface area contributed by atoms with Crippen LogP contribution in [0.2, 0.25) is 0 Å². The van der Waals surface area contributed by atoms with Crippen LogP contribution in [0.25, 0.3) is 0 Å². The van der Waals surface area contributed by atoms with Gasteiger partial charge in [0.1, 0.15) is 22.9 Å². The van der Waals surface area contributed by atoms with Gasteiger partial charge in [0.25, 0.3) is 0 Å². The van der Waals surface area contributed by atoms with Crippen LogP contribution in [0.1, 0.15) is 5.56 Å². The molecule has 0 amide bonds. The molecule has 25 heavy (non-hydrogen) atoms. The molecule has 0 aliphatic carbocycles. The molecule has 0 spiro atoms. The summed E-state index contributed by atoms with van der Waals surface area (Å²) >= 11 is 0. The van der Waals surface area contributed by atoms with Gasteiger partial charge < -0.3 is 10.2 Å². The quantitative estimate of drug-likeness (QED) is 0.554. The second-order valence-corrected chi connectivity index (χ2v) is 5.35. The Morgan fingerprint density at radius 3 is 1.84 bits per heavy atom. The van der Waals surface area contributed by atoms with Crippen molar-refractivity contribution in [3.05, 3.63) is 72.3 Å². The Morgan fingerprint density at radius 2 is 1.16 bits per heavy atom. The molecule has 0 aromatic heterocycles. The van der Waals surface area contributed by atoms with E-state index in [1.807, 2.05) is 49.4 Å². The van der Waals surface area contributed by atoms with Crippen LogP contribution in [0.4, 0.5) is 22.7 Å². The maximum Gasteiger partial charge on any atom is 0.146 e. The Bertz CT molecular complexity index is 937. The van der Waals surface area contributed by atoms with E-state index in [4.69, 9.17) is 0 Å². The van der Waals surface area contributed by atoms with E-state index in [9.17, 15) is 10.2 Å². The molecule has 3 rings (SSSR count). The molecule has 6 heteroatoms. The van der Waals surface area contributed by atoms with Crippen molar-refractivity contribution in [2.45, 2.75) is 6.92 Å². The van der Waals surface area contributed by atoms with E-state index < -0.39 is 0 Å². The van der Waals surface area contributed by atoms with E-state index in [1.165, 1.54) is 12.1 Å². The van der Waals surface area contributed by atoms with Crippen molar-refractivity contribution in [3.8, 4) is 11.5 Å². The monoisotopic (exact) mass is 332 g/mol. The van der Waals surface area contributed by atoms with Crippen molar-refractivity contribution in [3.63, 3.8) is 0 Å². The molecule has 124 valence electrons. The van der Waals surface area contributed by atoms with E-state index >= 15 is 0 Å². The van der Waals surface area contributed by atoms with Crippen LogP contribution in [-0.2, 0) is 0 Å². The first-order valence-electron chi connectivity index (χ1n) is 7.63. The number of azo groups is 2. The number of hydrogen-bond acceptors (Lipinski definition) is 6. The zero-order chi connectivity index (χ0) is 17.6. The van der Waals surface area contributed by atoms with Crippen LogP contribution in [0.15, 0.2) is 87.2 Å². The van der Waals surface area contributed by atoms with Crippen molar-refractivity contribution in [1.82, 2.24) is 0 Å². The van der Waals surface area contributed by atoms with Crippen molar-refractivity contribution >= 4 is 22.7 Å². The highest BCUT2D eigenvalue weighted by molar-refractivity contribution is 5.65. The highest BCUT2D eigenvalue weighted by atomic mass is 16.3. The van der Waals surface area contributed by atoms with Crippen LogP contribution in [0.5, 0.6) is 11.5 Å². The van der Waals surface area contributed by atoms with Gasteiger partial charge in [0.05, 0.1) is 11.4 Å². The zero-order valence-electron chi connectivity index (χ0n) is 13.5. The van der Waals surface area contributed by atoms with Crippen molar-refractivity contribution in [1.29, 1.82) is 0 Å². The Morgan fingerprint density at radius 1 is 0.600 bits per heavy atom. The molecule has 0 bridgehead atoms. The SMILES string of the molecule is Cc1ccccc1N=Nc1cc(N=Nc2ccccc2)c(O)cc1O. The molecular weight excluding hydrogens is 316 g/mol. The molecule has 0 fully saturated rings. The topological polar surface area (TPSA) is 89.9 Å². The van der Waals surface area contributed by atoms with E-state index in [0.717, 1.165) is 5.56 Å². The highest BCUT2D eigenvalue weighted by Gasteiger charge is 2.08. The summed E-state index contributed by atoms with van der Waals surface area (Å²) in [5.41, 5.74) is 2.71. The van der Waals surface area contributed by atoms with Gasteiger partial charge in [-0.1, -0.05) is 36.4 Å². The summed E-state index contributed by atoms with van der Waals surface area (Å²) in [7, 11) is 0. The fourth-order valence-electron chi connectivity index (χ4n) is 2.10. The van der Waals surface area contributed by atoms with Crippen molar-refractivity contribution in [2.24, 2.45) is 20.5 Å². The number of phenolic OH excluding ortho intramolecular Hbond substituents is 2. The molecule has 0 atom stereocenters. The molecule has 0 radical (unpaired) electrons. The summed E-state index contributed by atoms with van der Waals surface area (Å²) in [5.74, 6) is -0.375. The molecule has 6 nitrogen and oxygen atoms in total. The number of benzene rings is 3. The maximum absolute atomic E-state index is 9.96. The normalized spacial score (nSPS) is 11.4. The minimum Gasteiger partial charge on any atom is -0.505 e. The van der Waals surface area contributed by atoms with Gasteiger partial charge in [0.15, 0.2) is 0 Å². The van der Waals surface area contributed by atoms with Gasteiger partial charge in [-0.2, -0.15) is 10.2 Å². The lowest BCUT2D eigenvalue weighted by atomic mass is 10.2. The smallest absolute Gasteiger partial charge is 0.146 e. The first-order chi connectivity index (χ1) is 12.1. The fourth-order valence-corrected chi connectivity index (χ4v) is 2.10. The average Bonchev–Trinajstić information content (AvgIpc) is 2.62. The van der Waals surface area contributed by atoms with Gasteiger partial charge in [-0.3, -0.25) is 0 Å². The Hall–Kier alpha value is -3.54. The molecule has 0 aliphatic rings. The predicted octanol–water partition coefficient (Wildman–Crippen LogP) is 6.24. The predicted molar refractivity (Wildman–Crippen MR) is 95.7 cm³/mol. The molecule has 0 unspecified atom stereocenters. The fraction of sp³-hybridized carbons (Fsp3) is 0.0526. The number of aromatic hydroxyl groups is 2. The third-order valence-corrected chi connectivity index (χ3v) is 3.48. The van der Waals surface area contributed by atoms with Gasteiger partial charge in [-0.05, 0) is 30.7 Å². The lowest BCUT2D eigenvalue weighted by Crippen LogP contribution is -1.74. The van der Waals surface area contributed by atoms with Gasteiger partial charge in [0.2, 0.25) is 0 Å². The Labute approximate surface area is 144 Å². The lowest BCUT2D eigenvalue weighted by Gasteiger charge is -2.03. The first-order valence-corrected chi connectivity index (χ1v) is 7.63. The third kappa shape index (κ3) is 4.06. The van der Waals surface area contributed by atoms with Crippen molar-refractivity contribution < 1.29 is 10.2 Å². The lowest BCUT2D eigenvalue weighted by molar-refractivity contribution is 0.452. The van der Waals surface area contributed by atoms with E-state index in [0.29, 0.717) is 11.4 Å². The molecule has 3 aromatic rings. The molecular formula is C19H16N4O2. The first kappa shape index (κ1) is 16.3. The van der Waals surface area contributed by atoms with Gasteiger partial charge in [0, 0.05) is 12.1 Å². The summed E-state index contributed by atoms with van der Waals surface area (Å²) in [6, 6.07) is 19.3. The molecule has 0 aliphatic heterocycles. The molecule has 0 heterocycles. The van der Waals surface area contributed by atoms with Crippen LogP contribution >= 0.6 is 0 Å². The molecule has 0 saturated heterocycles. The summed E-state index contributed by atoms with van der Waals surface area (Å²) in [4.78, 5) is 0. The summed E-state index contributed by atoms with van der Waals surface area (Å²) in [5, 5.41) is 36.2. The number of hydrogen-bond donors (Lipinski definition) is 2. The van der Waals surface area contributed by atoms with Crippen LogP contribution in [-0.4, -0.2) is 10.2 Å². The summed E-state index contributed by atoms with van der Waals surface area (Å²) in [6.45, 7) is 1.92. The van der Waals surface area contributed by atoms with Gasteiger partial charge in [-0.15, -0.1) is 10.2 Å². The van der Waals surface area contributed by atoms with Gasteiger partial charge in [-0.25, -0.2) is 0 Å². The third-order valence-electron chi connectivity index (χ3n) is 3.48.